The lowest BCUT2D eigenvalue weighted by Gasteiger charge is -2.18. The number of benzene rings is 2. The van der Waals surface area contributed by atoms with Gasteiger partial charge in [0.05, 0.1) is 0 Å². The van der Waals surface area contributed by atoms with Gasteiger partial charge < -0.3 is 16.0 Å². The van der Waals surface area contributed by atoms with Gasteiger partial charge in [-0.1, -0.05) is 29.8 Å². The molecule has 0 unspecified atom stereocenters. The summed E-state index contributed by atoms with van der Waals surface area (Å²) in [6.07, 6.45) is 0. The summed E-state index contributed by atoms with van der Waals surface area (Å²) >= 11 is 5.88. The third-order valence-corrected chi connectivity index (χ3v) is 3.06. The second-order valence-corrected chi connectivity index (χ2v) is 4.97. The molecule has 2 amide bonds. The minimum Gasteiger partial charge on any atom is -0.399 e. The highest BCUT2D eigenvalue weighted by atomic mass is 35.5. The van der Waals surface area contributed by atoms with Gasteiger partial charge in [0.15, 0.2) is 0 Å². The summed E-state index contributed by atoms with van der Waals surface area (Å²) < 4.78 is 0. The lowest BCUT2D eigenvalue weighted by molar-refractivity contribution is 0.220. The number of nitrogen functional groups attached to an aromatic ring is 1. The Morgan fingerprint density at radius 3 is 2.60 bits per heavy atom. The molecule has 0 atom stereocenters. The van der Waals surface area contributed by atoms with Crippen molar-refractivity contribution in [3.05, 3.63) is 59.1 Å². The molecular weight excluding hydrogens is 274 g/mol. The van der Waals surface area contributed by atoms with E-state index in [1.807, 2.05) is 24.3 Å². The predicted octanol–water partition coefficient (Wildman–Crippen LogP) is 3.59. The molecule has 0 aromatic heterocycles. The van der Waals surface area contributed by atoms with E-state index in [0.29, 0.717) is 22.9 Å². The number of urea groups is 1. The van der Waals surface area contributed by atoms with Gasteiger partial charge >= 0.3 is 6.03 Å². The van der Waals surface area contributed by atoms with E-state index >= 15 is 0 Å². The van der Waals surface area contributed by atoms with Gasteiger partial charge in [0.25, 0.3) is 0 Å². The predicted molar refractivity (Wildman–Crippen MR) is 82.8 cm³/mol. The first-order chi connectivity index (χ1) is 9.54. The highest BCUT2D eigenvalue weighted by Gasteiger charge is 2.09. The fourth-order valence-corrected chi connectivity index (χ4v) is 1.94. The Balaban J connectivity index is 1.96. The number of hydrogen-bond acceptors (Lipinski definition) is 2. The van der Waals surface area contributed by atoms with Crippen LogP contribution in [0.4, 0.5) is 16.2 Å². The van der Waals surface area contributed by atoms with Gasteiger partial charge in [-0.15, -0.1) is 0 Å². The van der Waals surface area contributed by atoms with Crippen molar-refractivity contribution in [1.82, 2.24) is 4.90 Å². The number of anilines is 2. The summed E-state index contributed by atoms with van der Waals surface area (Å²) in [5, 5.41) is 3.38. The summed E-state index contributed by atoms with van der Waals surface area (Å²) in [5.41, 5.74) is 8.03. The lowest BCUT2D eigenvalue weighted by atomic mass is 10.2. The molecule has 2 rings (SSSR count). The molecule has 4 nitrogen and oxygen atoms in total. The molecule has 2 aromatic rings. The molecule has 2 aromatic carbocycles. The summed E-state index contributed by atoms with van der Waals surface area (Å²) in [4.78, 5) is 13.6. The average molecular weight is 290 g/mol. The van der Waals surface area contributed by atoms with Crippen molar-refractivity contribution < 1.29 is 4.79 Å². The number of nitrogens with two attached hydrogens (primary N) is 1. The second kappa shape index (κ2) is 6.30. The molecule has 0 aliphatic rings. The van der Waals surface area contributed by atoms with E-state index in [1.165, 1.54) is 0 Å². The molecule has 3 N–H and O–H groups in total. The van der Waals surface area contributed by atoms with Crippen molar-refractivity contribution >= 4 is 29.0 Å². The Morgan fingerprint density at radius 1 is 1.25 bits per heavy atom. The van der Waals surface area contributed by atoms with E-state index in [1.54, 1.807) is 36.2 Å². The van der Waals surface area contributed by atoms with E-state index < -0.39 is 0 Å². The molecule has 0 heterocycles. The number of nitrogens with zero attached hydrogens (tertiary/aromatic N) is 1. The Bertz CT molecular complexity index is 598. The van der Waals surface area contributed by atoms with Gasteiger partial charge in [0.1, 0.15) is 0 Å². The maximum absolute atomic E-state index is 12.0. The summed E-state index contributed by atoms with van der Waals surface area (Å²) in [6.45, 7) is 0.507. The van der Waals surface area contributed by atoms with Crippen LogP contribution < -0.4 is 11.1 Å². The van der Waals surface area contributed by atoms with Crippen LogP contribution in [0, 0.1) is 0 Å². The van der Waals surface area contributed by atoms with E-state index in [2.05, 4.69) is 5.32 Å². The molecule has 0 aliphatic heterocycles. The Kier molecular flexibility index (Phi) is 4.48. The second-order valence-electron chi connectivity index (χ2n) is 4.54. The first-order valence-corrected chi connectivity index (χ1v) is 6.54. The molecular formula is C15H16ClN3O. The molecule has 0 bridgehead atoms. The molecule has 0 aliphatic carbocycles. The lowest BCUT2D eigenvalue weighted by Crippen LogP contribution is -2.30. The Labute approximate surface area is 123 Å². The minimum atomic E-state index is -0.191. The topological polar surface area (TPSA) is 58.4 Å². The van der Waals surface area contributed by atoms with E-state index in [0.717, 1.165) is 5.56 Å². The molecule has 0 fully saturated rings. The van der Waals surface area contributed by atoms with Crippen LogP contribution in [0.1, 0.15) is 5.56 Å². The van der Waals surface area contributed by atoms with Crippen molar-refractivity contribution in [3.63, 3.8) is 0 Å². The van der Waals surface area contributed by atoms with E-state index in [9.17, 15) is 4.79 Å². The smallest absolute Gasteiger partial charge is 0.321 e. The van der Waals surface area contributed by atoms with Crippen LogP contribution in [0.3, 0.4) is 0 Å². The summed E-state index contributed by atoms with van der Waals surface area (Å²) in [6, 6.07) is 14.3. The zero-order chi connectivity index (χ0) is 14.5. The highest BCUT2D eigenvalue weighted by Crippen LogP contribution is 2.15. The maximum atomic E-state index is 12.0. The van der Waals surface area contributed by atoms with Crippen LogP contribution in [0.25, 0.3) is 0 Å². The van der Waals surface area contributed by atoms with Crippen molar-refractivity contribution in [1.29, 1.82) is 0 Å². The Morgan fingerprint density at radius 2 is 1.95 bits per heavy atom. The van der Waals surface area contributed by atoms with Crippen LogP contribution in [0.2, 0.25) is 5.02 Å². The fraction of sp³-hybridized carbons (Fsp3) is 0.133. The van der Waals surface area contributed by atoms with Gasteiger partial charge in [-0.25, -0.2) is 4.79 Å². The number of rotatable bonds is 3. The zero-order valence-electron chi connectivity index (χ0n) is 11.1. The Hall–Kier alpha value is -2.20. The van der Waals surface area contributed by atoms with Crippen molar-refractivity contribution in [2.45, 2.75) is 6.54 Å². The zero-order valence-corrected chi connectivity index (χ0v) is 11.9. The average Bonchev–Trinajstić information content (AvgIpc) is 2.41. The third kappa shape index (κ3) is 3.90. The summed E-state index contributed by atoms with van der Waals surface area (Å²) in [7, 11) is 1.73. The number of hydrogen-bond donors (Lipinski definition) is 2. The van der Waals surface area contributed by atoms with Gasteiger partial charge in [0.2, 0.25) is 0 Å². The molecule has 5 heteroatoms. The number of halogens is 1. The molecule has 0 saturated heterocycles. The molecule has 0 radical (unpaired) electrons. The third-order valence-electron chi connectivity index (χ3n) is 2.82. The molecule has 20 heavy (non-hydrogen) atoms. The van der Waals surface area contributed by atoms with Crippen molar-refractivity contribution in [3.8, 4) is 0 Å². The van der Waals surface area contributed by atoms with Crippen LogP contribution in [0.5, 0.6) is 0 Å². The summed E-state index contributed by atoms with van der Waals surface area (Å²) in [5.74, 6) is 0. The number of nitrogens with one attached hydrogen (secondary N) is 1. The molecule has 104 valence electrons. The van der Waals surface area contributed by atoms with E-state index in [4.69, 9.17) is 17.3 Å². The van der Waals surface area contributed by atoms with Gasteiger partial charge in [0, 0.05) is 30.0 Å². The molecule has 0 spiro atoms. The standard InChI is InChI=1S/C15H16ClN3O/c1-19(10-11-5-7-13(17)8-6-11)15(20)18-14-4-2-3-12(16)9-14/h2-9H,10,17H2,1H3,(H,18,20). The van der Waals surface area contributed by atoms with Crippen LogP contribution in [-0.4, -0.2) is 18.0 Å². The number of carbonyl (C=O) groups excluding carboxylic acids is 1. The van der Waals surface area contributed by atoms with Crippen molar-refractivity contribution in [2.75, 3.05) is 18.1 Å². The van der Waals surface area contributed by atoms with Crippen LogP contribution >= 0.6 is 11.6 Å². The first kappa shape index (κ1) is 14.2. The highest BCUT2D eigenvalue weighted by molar-refractivity contribution is 6.30. The van der Waals surface area contributed by atoms with Gasteiger partial charge in [-0.05, 0) is 35.9 Å². The number of carbonyl (C=O) groups is 1. The first-order valence-electron chi connectivity index (χ1n) is 6.17. The van der Waals surface area contributed by atoms with Crippen LogP contribution in [-0.2, 0) is 6.54 Å². The van der Waals surface area contributed by atoms with Gasteiger partial charge in [-0.2, -0.15) is 0 Å². The van der Waals surface area contributed by atoms with Crippen molar-refractivity contribution in [2.24, 2.45) is 0 Å². The maximum Gasteiger partial charge on any atom is 0.321 e. The normalized spacial score (nSPS) is 10.1. The van der Waals surface area contributed by atoms with Crippen LogP contribution in [0.15, 0.2) is 48.5 Å². The van der Waals surface area contributed by atoms with E-state index in [-0.39, 0.29) is 6.03 Å². The minimum absolute atomic E-state index is 0.191. The quantitative estimate of drug-likeness (QED) is 0.849. The van der Waals surface area contributed by atoms with Gasteiger partial charge in [-0.3, -0.25) is 0 Å². The monoisotopic (exact) mass is 289 g/mol. The SMILES string of the molecule is CN(Cc1ccc(N)cc1)C(=O)Nc1cccc(Cl)c1. The fourth-order valence-electron chi connectivity index (χ4n) is 1.75. The number of amides is 2. The molecule has 0 saturated carbocycles. The largest absolute Gasteiger partial charge is 0.399 e.